The number of alkyl halides is 1. The van der Waals surface area contributed by atoms with Crippen molar-refractivity contribution < 1.29 is 53.2 Å². The molecule has 5 aromatic rings. The van der Waals surface area contributed by atoms with Gasteiger partial charge in [0.15, 0.2) is 0 Å². The molecule has 7 rings (SSSR count). The summed E-state index contributed by atoms with van der Waals surface area (Å²) in [5, 5.41) is 49.5. The minimum Gasteiger partial charge on any atom is -0.508 e. The molecule has 0 aromatic heterocycles. The Bertz CT molecular complexity index is 2600. The van der Waals surface area contributed by atoms with Crippen molar-refractivity contribution in [2.75, 3.05) is 45.3 Å². The van der Waals surface area contributed by atoms with Crippen molar-refractivity contribution in [3.05, 3.63) is 155 Å². The van der Waals surface area contributed by atoms with Crippen LogP contribution < -0.4 is 25.3 Å². The molecule has 1 amide bonds. The number of aryl methyl sites for hydroxylation is 5. The van der Waals surface area contributed by atoms with Gasteiger partial charge in [-0.05, 0) is 160 Å². The molecule has 2 aliphatic carbocycles. The summed E-state index contributed by atoms with van der Waals surface area (Å²) in [6, 6.07) is 23.1. The van der Waals surface area contributed by atoms with Gasteiger partial charge in [0.25, 0.3) is 17.1 Å². The molecule has 2 fully saturated rings. The number of nitro groups is 3. The number of anilines is 2. The molecule has 21 heteroatoms. The number of phenols is 1. The summed E-state index contributed by atoms with van der Waals surface area (Å²) in [5.74, 6) is 4.43. The van der Waals surface area contributed by atoms with Crippen molar-refractivity contribution >= 4 is 67.1 Å². The Kier molecular flexibility index (Phi) is 85.8. The summed E-state index contributed by atoms with van der Waals surface area (Å²) >= 11 is 8.18. The highest BCUT2D eigenvalue weighted by atomic mass is 79.9. The third-order valence-corrected chi connectivity index (χ3v) is 13.0. The second-order valence-electron chi connectivity index (χ2n) is 19.4. The van der Waals surface area contributed by atoms with E-state index in [1.54, 1.807) is 34.1 Å². The maximum atomic E-state index is 12.5. The molecular weight excluding hydrogens is 1290 g/mol. The molecule has 0 bridgehead atoms. The summed E-state index contributed by atoms with van der Waals surface area (Å²) in [4.78, 5) is 51.5. The zero-order chi connectivity index (χ0) is 65.5. The predicted octanol–water partition coefficient (Wildman–Crippen LogP) is 23.7. The molecule has 0 radical (unpaired) electrons. The van der Waals surface area contributed by atoms with Crippen LogP contribution >= 0.6 is 27.5 Å². The van der Waals surface area contributed by atoms with Crippen LogP contribution in [0.4, 0.5) is 32.8 Å². The fraction of sp³-hybridized carbons (Fsp3) is 0.562. The first kappa shape index (κ1) is 114. The number of nitrogens with two attached hydrogens (primary N) is 1. The standard InChI is InChI=1S/C14H19NO2.C8H9NO3.C8H11NO.C7H6FNO2.C7H7NO3.C6H9ClO.2C6H14.CH3Br.CH4O.9CH4/c1-10-9-12(7-8-13(10)17-2)15-14(16)11-5-3-4-6-11;1-6-5-7(9(10)11)3-4-8(6)12-2;1-6-5-7(9)3-4-8(6)10-2;1-5-4-6(9(10)11)2-3-7(5)8;1-5-4-6(8(10)11)2-3-7(5)9;7-6(8)5-3-1-2-4-5;2*1-3-5-6-4-2;2*1-2;;;;;;;;;/h7-9,11H,3-6H2,1-2H3,(H,15,16);3-5H,1-2H3;3-5H,9H2,1-2H3;2-4H,1H3;2-4,9H,1H3;5H,1-4H2;2*3-6H2,1-2H3;1H3;2H,1H3;9*1H4. The summed E-state index contributed by atoms with van der Waals surface area (Å²) in [6.45, 7) is 17.7. The smallest absolute Gasteiger partial charge is 0.269 e. The quantitative estimate of drug-likeness (QED) is 0.0190. The monoisotopic (exact) mass is 1420 g/mol. The number of ether oxygens (including phenoxy) is 3. The first-order valence-electron chi connectivity index (χ1n) is 28.5. The topological polar surface area (TPSA) is 270 Å². The number of benzene rings is 5. The molecule has 0 atom stereocenters. The molecule has 5 aromatic carbocycles. The molecule has 18 nitrogen and oxygen atoms in total. The van der Waals surface area contributed by atoms with Gasteiger partial charge in [0.05, 0.1) is 36.1 Å². The Balaban J connectivity index is -0.0000000814. The number of aliphatic hydroxyl groups is 1. The third kappa shape index (κ3) is 51.5. The van der Waals surface area contributed by atoms with Crippen LogP contribution in [0.3, 0.4) is 0 Å². The van der Waals surface area contributed by atoms with Crippen LogP contribution in [0.25, 0.3) is 0 Å². The Labute approximate surface area is 584 Å². The number of nitrogen functional groups attached to an aromatic ring is 1. The van der Waals surface area contributed by atoms with Gasteiger partial charge in [0.2, 0.25) is 11.1 Å². The number of hydrogen-bond donors (Lipinski definition) is 4. The van der Waals surface area contributed by atoms with Crippen LogP contribution in [0.2, 0.25) is 0 Å². The molecule has 94 heavy (non-hydrogen) atoms. The lowest BCUT2D eigenvalue weighted by molar-refractivity contribution is -0.385. The first-order valence-corrected chi connectivity index (χ1v) is 30.4. The van der Waals surface area contributed by atoms with Crippen LogP contribution in [0.5, 0.6) is 23.0 Å². The van der Waals surface area contributed by atoms with Crippen molar-refractivity contribution in [2.45, 2.75) is 232 Å². The van der Waals surface area contributed by atoms with E-state index in [1.807, 2.05) is 56.1 Å². The van der Waals surface area contributed by atoms with E-state index in [2.05, 4.69) is 48.9 Å². The van der Waals surface area contributed by atoms with Crippen molar-refractivity contribution in [2.24, 2.45) is 11.8 Å². The number of nitrogens with one attached hydrogen (secondary N) is 1. The zero-order valence-electron chi connectivity index (χ0n) is 52.6. The van der Waals surface area contributed by atoms with Gasteiger partial charge in [0, 0.05) is 66.7 Å². The number of aromatic hydroxyl groups is 1. The van der Waals surface area contributed by atoms with Crippen molar-refractivity contribution in [1.82, 2.24) is 0 Å². The number of methoxy groups -OCH3 is 3. The van der Waals surface area contributed by atoms with E-state index in [9.17, 15) is 44.3 Å². The average molecular weight is 1420 g/mol. The number of halogens is 3. The van der Waals surface area contributed by atoms with Crippen LogP contribution in [0.15, 0.2) is 91.0 Å². The van der Waals surface area contributed by atoms with Gasteiger partial charge in [-0.15, -0.1) is 0 Å². The number of phenolic OH excluding ortho intramolecular Hbond substituents is 1. The number of unbranched alkanes of at least 4 members (excludes halogenated alkanes) is 6. The fourth-order valence-corrected chi connectivity index (χ4v) is 8.13. The van der Waals surface area contributed by atoms with E-state index < -0.39 is 20.6 Å². The Morgan fingerprint density at radius 1 is 0.521 bits per heavy atom. The minimum atomic E-state index is -0.549. The summed E-state index contributed by atoms with van der Waals surface area (Å²) in [7, 11) is 5.84. The second kappa shape index (κ2) is 70.4. The Hall–Kier alpha value is -6.90. The number of aliphatic hydroxyl groups excluding tert-OH is 1. The highest BCUT2D eigenvalue weighted by Crippen LogP contribution is 2.29. The van der Waals surface area contributed by atoms with E-state index >= 15 is 0 Å². The van der Waals surface area contributed by atoms with Crippen LogP contribution in [-0.4, -0.2) is 70.4 Å². The molecule has 0 saturated heterocycles. The first-order chi connectivity index (χ1) is 40.4. The van der Waals surface area contributed by atoms with Crippen molar-refractivity contribution in [1.29, 1.82) is 0 Å². The molecule has 548 valence electrons. The number of carbonyl (C=O) groups excluding carboxylic acids is 2. The van der Waals surface area contributed by atoms with Gasteiger partial charge in [-0.3, -0.25) is 39.9 Å². The molecule has 5 N–H and O–H groups in total. The molecule has 0 aliphatic heterocycles. The van der Waals surface area contributed by atoms with E-state index in [0.717, 1.165) is 84.5 Å². The maximum Gasteiger partial charge on any atom is 0.269 e. The van der Waals surface area contributed by atoms with Crippen molar-refractivity contribution in [3.8, 4) is 23.0 Å². The lowest BCUT2D eigenvalue weighted by Crippen LogP contribution is -2.20. The fourth-order valence-electron chi connectivity index (χ4n) is 7.91. The second-order valence-corrected chi connectivity index (χ2v) is 19.8. The normalized spacial score (nSPS) is 10.4. The van der Waals surface area contributed by atoms with Gasteiger partial charge in [-0.1, -0.05) is 188 Å². The van der Waals surface area contributed by atoms with Crippen LogP contribution in [-0.2, 0) is 9.59 Å². The van der Waals surface area contributed by atoms with Crippen LogP contribution in [0.1, 0.15) is 225 Å². The van der Waals surface area contributed by atoms with Crippen molar-refractivity contribution in [3.63, 3.8) is 0 Å². The highest BCUT2D eigenvalue weighted by Gasteiger charge is 2.23. The highest BCUT2D eigenvalue weighted by molar-refractivity contribution is 9.08. The molecular formula is C73H132BrClFN5O13. The zero-order valence-corrected chi connectivity index (χ0v) is 54.9. The van der Waals surface area contributed by atoms with Gasteiger partial charge < -0.3 is 35.5 Å². The number of non-ortho nitro benzene ring substituents is 3. The maximum absolute atomic E-state index is 12.5. The number of hydrogen-bond acceptors (Lipinski definition) is 14. The van der Waals surface area contributed by atoms with Gasteiger partial charge in [-0.25, -0.2) is 4.39 Å². The van der Waals surface area contributed by atoms with Gasteiger partial charge >= 0.3 is 0 Å². The molecule has 2 aliphatic rings. The number of carbonyl (C=O) groups is 2. The Morgan fingerprint density at radius 2 is 0.830 bits per heavy atom. The largest absolute Gasteiger partial charge is 0.508 e. The third-order valence-electron chi connectivity index (χ3n) is 12.7. The lowest BCUT2D eigenvalue weighted by Gasteiger charge is -2.12. The van der Waals surface area contributed by atoms with Gasteiger partial charge in [0.1, 0.15) is 28.8 Å². The number of nitrogens with zero attached hydrogens (tertiary/aromatic N) is 3. The van der Waals surface area contributed by atoms with E-state index in [1.165, 1.54) is 127 Å². The molecule has 0 unspecified atom stereocenters. The number of amides is 1. The Morgan fingerprint density at radius 3 is 1.13 bits per heavy atom. The minimum absolute atomic E-state index is 0. The molecule has 2 saturated carbocycles. The summed E-state index contributed by atoms with van der Waals surface area (Å²) < 4.78 is 27.7. The number of nitro benzene ring substituents is 3. The van der Waals surface area contributed by atoms with Gasteiger partial charge in [-0.2, -0.15) is 0 Å². The molecule has 0 heterocycles. The number of rotatable bonds is 15. The molecule has 0 spiro atoms. The summed E-state index contributed by atoms with van der Waals surface area (Å²) in [6.07, 6.45) is 19.9. The predicted molar refractivity (Wildman–Crippen MR) is 408 cm³/mol. The van der Waals surface area contributed by atoms with E-state index in [-0.39, 0.29) is 113 Å². The summed E-state index contributed by atoms with van der Waals surface area (Å²) in [5.41, 5.74) is 10.9. The van der Waals surface area contributed by atoms with Crippen LogP contribution in [0, 0.1) is 82.6 Å². The average Bonchev–Trinajstić information content (AvgIpc) is 1.08. The van der Waals surface area contributed by atoms with E-state index in [4.69, 9.17) is 41.8 Å². The lowest BCUT2D eigenvalue weighted by atomic mass is 10.1. The van der Waals surface area contributed by atoms with E-state index in [0.29, 0.717) is 16.9 Å². The SMILES string of the molecule is C.C.C.C.C.C.C.C.C.CBr.CCCCCC.CCCCCC.CO.COc1ccc(N)cc1C.COc1ccc(NC(=O)C2CCCC2)cc1C.COc1ccc([N+](=O)[O-])cc1C.Cc1cc([N+](=O)[O-])ccc1F.Cc1cc([N+](=O)[O-])ccc1O.O=C(Cl)C1CCCC1.